The predicted molar refractivity (Wildman–Crippen MR) is 68.6 cm³/mol. The molecule has 0 fully saturated rings. The van der Waals surface area contributed by atoms with E-state index < -0.39 is 0 Å². The van der Waals surface area contributed by atoms with Gasteiger partial charge in [0.2, 0.25) is 5.91 Å². The number of anilines is 1. The van der Waals surface area contributed by atoms with E-state index in [4.69, 9.17) is 5.73 Å². The van der Waals surface area contributed by atoms with Crippen LogP contribution in [0.2, 0.25) is 0 Å². The minimum Gasteiger partial charge on any atom is -0.380 e. The van der Waals surface area contributed by atoms with Crippen molar-refractivity contribution in [1.82, 2.24) is 9.78 Å². The van der Waals surface area contributed by atoms with Gasteiger partial charge in [-0.2, -0.15) is 5.10 Å². The Hall–Kier alpha value is -1.52. The Labute approximate surface area is 102 Å². The predicted octanol–water partition coefficient (Wildman–Crippen LogP) is 1.75. The SMILES string of the molecule is CCCCC(CC)Nc1cnn(CC(N)=O)c1. The number of unbranched alkanes of at least 4 members (excludes halogenated alkanes) is 1. The molecule has 0 aliphatic carbocycles. The van der Waals surface area contributed by atoms with Crippen molar-refractivity contribution in [2.75, 3.05) is 5.32 Å². The van der Waals surface area contributed by atoms with Gasteiger partial charge in [0.25, 0.3) is 0 Å². The van der Waals surface area contributed by atoms with Crippen LogP contribution in [0, 0.1) is 0 Å². The molecule has 1 aromatic heterocycles. The van der Waals surface area contributed by atoms with Gasteiger partial charge in [0, 0.05) is 12.2 Å². The molecule has 96 valence electrons. The van der Waals surface area contributed by atoms with Crippen LogP contribution in [0.25, 0.3) is 0 Å². The maximum absolute atomic E-state index is 10.7. The first-order valence-corrected chi connectivity index (χ1v) is 6.23. The second kappa shape index (κ2) is 6.93. The van der Waals surface area contributed by atoms with E-state index >= 15 is 0 Å². The number of amides is 1. The number of nitrogens with zero attached hydrogens (tertiary/aromatic N) is 2. The van der Waals surface area contributed by atoms with Crippen molar-refractivity contribution in [2.24, 2.45) is 5.73 Å². The largest absolute Gasteiger partial charge is 0.380 e. The van der Waals surface area contributed by atoms with Crippen LogP contribution >= 0.6 is 0 Å². The van der Waals surface area contributed by atoms with E-state index in [1.54, 1.807) is 10.9 Å². The number of nitrogens with two attached hydrogens (primary N) is 1. The lowest BCUT2D eigenvalue weighted by Crippen LogP contribution is -2.19. The Kier molecular flexibility index (Phi) is 5.52. The topological polar surface area (TPSA) is 72.9 Å². The first kappa shape index (κ1) is 13.5. The maximum Gasteiger partial charge on any atom is 0.239 e. The molecule has 5 nitrogen and oxygen atoms in total. The van der Waals surface area contributed by atoms with Crippen molar-refractivity contribution < 1.29 is 4.79 Å². The van der Waals surface area contributed by atoms with Crippen LogP contribution < -0.4 is 11.1 Å². The van der Waals surface area contributed by atoms with E-state index in [0.717, 1.165) is 18.5 Å². The molecule has 0 aliphatic heterocycles. The normalized spacial score (nSPS) is 12.4. The maximum atomic E-state index is 10.7. The van der Waals surface area contributed by atoms with Crippen LogP contribution in [-0.4, -0.2) is 21.7 Å². The Morgan fingerprint density at radius 3 is 2.94 bits per heavy atom. The second-order valence-electron chi connectivity index (χ2n) is 4.28. The van der Waals surface area contributed by atoms with E-state index in [2.05, 4.69) is 24.3 Å². The minimum atomic E-state index is -0.377. The Balaban J connectivity index is 2.48. The third-order valence-corrected chi connectivity index (χ3v) is 2.72. The lowest BCUT2D eigenvalue weighted by atomic mass is 10.1. The molecule has 1 rings (SSSR count). The zero-order valence-electron chi connectivity index (χ0n) is 10.6. The van der Waals surface area contributed by atoms with Gasteiger partial charge in [-0.05, 0) is 12.8 Å². The third kappa shape index (κ3) is 4.89. The number of rotatable bonds is 8. The van der Waals surface area contributed by atoms with E-state index in [1.807, 2.05) is 6.20 Å². The number of primary amides is 1. The quantitative estimate of drug-likeness (QED) is 0.724. The minimum absolute atomic E-state index is 0.132. The summed E-state index contributed by atoms with van der Waals surface area (Å²) in [5.41, 5.74) is 6.06. The summed E-state index contributed by atoms with van der Waals surface area (Å²) in [6.07, 6.45) is 8.23. The second-order valence-corrected chi connectivity index (χ2v) is 4.28. The summed E-state index contributed by atoms with van der Waals surface area (Å²) in [5.74, 6) is -0.377. The number of carbonyl (C=O) groups excluding carboxylic acids is 1. The molecule has 17 heavy (non-hydrogen) atoms. The summed E-state index contributed by atoms with van der Waals surface area (Å²) >= 11 is 0. The summed E-state index contributed by atoms with van der Waals surface area (Å²) in [6, 6.07) is 0.473. The van der Waals surface area contributed by atoms with Crippen LogP contribution in [-0.2, 0) is 11.3 Å². The van der Waals surface area contributed by atoms with E-state index in [-0.39, 0.29) is 12.5 Å². The molecule has 0 bridgehead atoms. The molecule has 1 heterocycles. The summed E-state index contributed by atoms with van der Waals surface area (Å²) in [4.78, 5) is 10.7. The molecule has 1 amide bonds. The molecule has 1 unspecified atom stereocenters. The monoisotopic (exact) mass is 238 g/mol. The van der Waals surface area contributed by atoms with Gasteiger partial charge < -0.3 is 11.1 Å². The highest BCUT2D eigenvalue weighted by Crippen LogP contribution is 2.12. The lowest BCUT2D eigenvalue weighted by molar-refractivity contribution is -0.118. The molecule has 1 aromatic rings. The Morgan fingerprint density at radius 2 is 2.35 bits per heavy atom. The van der Waals surface area contributed by atoms with E-state index in [9.17, 15) is 4.79 Å². The Bertz CT molecular complexity index is 348. The molecule has 0 spiro atoms. The average molecular weight is 238 g/mol. The molecule has 5 heteroatoms. The van der Waals surface area contributed by atoms with Crippen LogP contribution in [0.1, 0.15) is 39.5 Å². The van der Waals surface area contributed by atoms with Crippen molar-refractivity contribution in [3.8, 4) is 0 Å². The van der Waals surface area contributed by atoms with Crippen molar-refractivity contribution in [1.29, 1.82) is 0 Å². The van der Waals surface area contributed by atoms with Gasteiger partial charge in [-0.15, -0.1) is 0 Å². The van der Waals surface area contributed by atoms with Gasteiger partial charge in [-0.1, -0.05) is 26.7 Å². The van der Waals surface area contributed by atoms with Crippen LogP contribution in [0.3, 0.4) is 0 Å². The molecule has 0 saturated carbocycles. The number of carbonyl (C=O) groups is 1. The summed E-state index contributed by atoms with van der Waals surface area (Å²) in [6.45, 7) is 4.49. The van der Waals surface area contributed by atoms with Crippen molar-refractivity contribution in [3.63, 3.8) is 0 Å². The van der Waals surface area contributed by atoms with Gasteiger partial charge in [0.1, 0.15) is 6.54 Å². The van der Waals surface area contributed by atoms with Gasteiger partial charge >= 0.3 is 0 Å². The molecule has 3 N–H and O–H groups in total. The zero-order valence-corrected chi connectivity index (χ0v) is 10.6. The standard InChI is InChI=1S/C12H22N4O/c1-3-5-6-10(4-2)15-11-7-14-16(8-11)9-12(13)17/h7-8,10,15H,3-6,9H2,1-2H3,(H2,13,17). The van der Waals surface area contributed by atoms with Gasteiger partial charge in [-0.25, -0.2) is 0 Å². The molecule has 0 saturated heterocycles. The first-order valence-electron chi connectivity index (χ1n) is 6.23. The molecular weight excluding hydrogens is 216 g/mol. The first-order chi connectivity index (χ1) is 8.15. The zero-order chi connectivity index (χ0) is 12.7. The smallest absolute Gasteiger partial charge is 0.239 e. The number of hydrogen-bond acceptors (Lipinski definition) is 3. The van der Waals surface area contributed by atoms with E-state index in [0.29, 0.717) is 6.04 Å². The van der Waals surface area contributed by atoms with Gasteiger partial charge in [0.15, 0.2) is 0 Å². The molecule has 0 aliphatic rings. The number of nitrogens with one attached hydrogen (secondary N) is 1. The third-order valence-electron chi connectivity index (χ3n) is 2.72. The van der Waals surface area contributed by atoms with Crippen LogP contribution in [0.5, 0.6) is 0 Å². The van der Waals surface area contributed by atoms with Crippen LogP contribution in [0.4, 0.5) is 5.69 Å². The molecule has 0 aromatic carbocycles. The molecule has 1 atom stereocenters. The molecule has 0 radical (unpaired) electrons. The summed E-state index contributed by atoms with van der Waals surface area (Å²) < 4.78 is 1.55. The highest BCUT2D eigenvalue weighted by Gasteiger charge is 2.07. The van der Waals surface area contributed by atoms with Gasteiger partial charge in [0.05, 0.1) is 11.9 Å². The van der Waals surface area contributed by atoms with Gasteiger partial charge in [-0.3, -0.25) is 9.48 Å². The fourth-order valence-corrected chi connectivity index (χ4v) is 1.75. The fourth-order valence-electron chi connectivity index (χ4n) is 1.75. The summed E-state index contributed by atoms with van der Waals surface area (Å²) in [5, 5.41) is 7.50. The Morgan fingerprint density at radius 1 is 1.59 bits per heavy atom. The lowest BCUT2D eigenvalue weighted by Gasteiger charge is -2.16. The van der Waals surface area contributed by atoms with Crippen molar-refractivity contribution in [3.05, 3.63) is 12.4 Å². The van der Waals surface area contributed by atoms with Crippen LogP contribution in [0.15, 0.2) is 12.4 Å². The molecular formula is C12H22N4O. The number of aromatic nitrogens is 2. The van der Waals surface area contributed by atoms with Crippen molar-refractivity contribution in [2.45, 2.75) is 52.1 Å². The highest BCUT2D eigenvalue weighted by atomic mass is 16.1. The summed E-state index contributed by atoms with van der Waals surface area (Å²) in [7, 11) is 0. The highest BCUT2D eigenvalue weighted by molar-refractivity contribution is 5.73. The number of hydrogen-bond donors (Lipinski definition) is 2. The fraction of sp³-hybridized carbons (Fsp3) is 0.667. The average Bonchev–Trinajstić information content (AvgIpc) is 2.70. The van der Waals surface area contributed by atoms with E-state index in [1.165, 1.54) is 12.8 Å². The van der Waals surface area contributed by atoms with Crippen molar-refractivity contribution >= 4 is 11.6 Å².